The highest BCUT2D eigenvalue weighted by Crippen LogP contribution is 2.19. The van der Waals surface area contributed by atoms with Gasteiger partial charge in [-0.2, -0.15) is 0 Å². The number of carbonyl (C=O) groups is 1. The normalized spacial score (nSPS) is 11.9. The number of hydrogen-bond donors (Lipinski definition) is 2. The van der Waals surface area contributed by atoms with Crippen LogP contribution in [0, 0.1) is 6.92 Å². The number of hydrogen-bond acceptors (Lipinski definition) is 6. The van der Waals surface area contributed by atoms with Crippen molar-refractivity contribution < 1.29 is 14.6 Å². The second kappa shape index (κ2) is 8.08. The monoisotopic (exact) mass is 349 g/mol. The number of nitrogens with zero attached hydrogens (tertiary/aromatic N) is 2. The van der Waals surface area contributed by atoms with Crippen LogP contribution >= 0.6 is 11.6 Å². The number of rotatable bonds is 7. The zero-order valence-corrected chi connectivity index (χ0v) is 14.6. The highest BCUT2D eigenvalue weighted by Gasteiger charge is 2.12. The Hall–Kier alpha value is -2.18. The number of carbonyl (C=O) groups excluding carboxylic acids is 1. The van der Waals surface area contributed by atoms with Gasteiger partial charge in [0.25, 0.3) is 0 Å². The third kappa shape index (κ3) is 5.18. The fraction of sp³-hybridized carbons (Fsp3) is 0.353. The van der Waals surface area contributed by atoms with E-state index < -0.39 is 6.10 Å². The topological polar surface area (TPSA) is 84.3 Å². The maximum absolute atomic E-state index is 12.5. The van der Waals surface area contributed by atoms with Crippen molar-refractivity contribution in [2.45, 2.75) is 26.4 Å². The number of ketones is 1. The second-order valence-corrected chi connectivity index (χ2v) is 5.92. The van der Waals surface area contributed by atoms with Gasteiger partial charge in [-0.05, 0) is 49.2 Å². The van der Waals surface area contributed by atoms with Gasteiger partial charge in [-0.1, -0.05) is 0 Å². The molecule has 0 amide bonds. The maximum atomic E-state index is 12.5. The summed E-state index contributed by atoms with van der Waals surface area (Å²) in [4.78, 5) is 20.6. The van der Waals surface area contributed by atoms with Crippen LogP contribution in [0.15, 0.2) is 24.3 Å². The Morgan fingerprint density at radius 3 is 2.75 bits per heavy atom. The molecule has 6 nitrogen and oxygen atoms in total. The zero-order chi connectivity index (χ0) is 17.7. The Morgan fingerprint density at radius 2 is 2.08 bits per heavy atom. The van der Waals surface area contributed by atoms with Gasteiger partial charge in [-0.3, -0.25) is 4.79 Å². The molecule has 7 heteroatoms. The van der Waals surface area contributed by atoms with E-state index in [1.165, 1.54) is 0 Å². The summed E-state index contributed by atoms with van der Waals surface area (Å²) in [6.45, 7) is 3.89. The number of methoxy groups -OCH3 is 1. The van der Waals surface area contributed by atoms with E-state index in [4.69, 9.17) is 16.3 Å². The van der Waals surface area contributed by atoms with Crippen LogP contribution in [-0.2, 0) is 6.42 Å². The minimum atomic E-state index is -0.524. The van der Waals surface area contributed by atoms with Crippen molar-refractivity contribution in [2.75, 3.05) is 19.0 Å². The predicted molar refractivity (Wildman–Crippen MR) is 93.0 cm³/mol. The zero-order valence-electron chi connectivity index (χ0n) is 13.8. The van der Waals surface area contributed by atoms with Gasteiger partial charge in [0.2, 0.25) is 5.28 Å². The molecule has 0 saturated carbocycles. The van der Waals surface area contributed by atoms with Gasteiger partial charge in [-0.15, -0.1) is 0 Å². The average Bonchev–Trinajstić information content (AvgIpc) is 2.51. The molecule has 0 aliphatic carbocycles. The summed E-state index contributed by atoms with van der Waals surface area (Å²) in [7, 11) is 1.56. The van der Waals surface area contributed by atoms with Crippen LogP contribution in [0.25, 0.3) is 0 Å². The summed E-state index contributed by atoms with van der Waals surface area (Å²) < 4.78 is 5.20. The Balaban J connectivity index is 2.18. The lowest BCUT2D eigenvalue weighted by atomic mass is 10.0. The van der Waals surface area contributed by atoms with Crippen molar-refractivity contribution in [3.05, 3.63) is 46.4 Å². The first-order chi connectivity index (χ1) is 11.4. The summed E-state index contributed by atoms with van der Waals surface area (Å²) >= 11 is 5.91. The number of Topliss-reactive ketones (excluding diaryl/α,β-unsaturated/α-hetero) is 1. The minimum Gasteiger partial charge on any atom is -0.497 e. The van der Waals surface area contributed by atoms with Crippen LogP contribution in [-0.4, -0.2) is 40.6 Å². The first kappa shape index (κ1) is 18.2. The minimum absolute atomic E-state index is 0.0511. The quantitative estimate of drug-likeness (QED) is 0.590. The number of nitrogens with one attached hydrogen (secondary N) is 1. The third-order valence-electron chi connectivity index (χ3n) is 3.28. The molecule has 1 aromatic heterocycles. The lowest BCUT2D eigenvalue weighted by Crippen LogP contribution is -2.16. The summed E-state index contributed by atoms with van der Waals surface area (Å²) in [6, 6.07) is 7.01. The molecule has 1 atom stereocenters. The molecule has 0 aliphatic rings. The van der Waals surface area contributed by atoms with Crippen LogP contribution in [0.2, 0.25) is 5.28 Å². The van der Waals surface area contributed by atoms with Crippen LogP contribution in [0.1, 0.15) is 28.5 Å². The summed E-state index contributed by atoms with van der Waals surface area (Å²) in [5.41, 5.74) is 2.01. The highest BCUT2D eigenvalue weighted by molar-refractivity contribution is 6.28. The Bertz CT molecular complexity index is 735. The first-order valence-electron chi connectivity index (χ1n) is 7.51. The number of halogens is 1. The predicted octanol–water partition coefficient (Wildman–Crippen LogP) is 2.67. The molecule has 24 heavy (non-hydrogen) atoms. The Kier molecular flexibility index (Phi) is 6.11. The summed E-state index contributed by atoms with van der Waals surface area (Å²) in [6.07, 6.45) is -0.429. The van der Waals surface area contributed by atoms with Crippen LogP contribution in [0.5, 0.6) is 5.75 Å². The van der Waals surface area contributed by atoms with Crippen molar-refractivity contribution in [3.8, 4) is 5.75 Å². The molecule has 2 rings (SSSR count). The SMILES string of the molecule is COc1cc(C)cc(C(=O)Cc2cc(NC[C@H](C)O)nc(Cl)n2)c1. The van der Waals surface area contributed by atoms with E-state index in [1.807, 2.05) is 13.0 Å². The molecule has 0 radical (unpaired) electrons. The number of benzene rings is 1. The lowest BCUT2D eigenvalue weighted by Gasteiger charge is -2.10. The molecule has 1 aromatic carbocycles. The molecule has 1 heterocycles. The summed E-state index contributed by atoms with van der Waals surface area (Å²) in [5.74, 6) is 1.02. The van der Waals surface area contributed by atoms with E-state index in [1.54, 1.807) is 32.2 Å². The number of aliphatic hydroxyl groups excluding tert-OH is 1. The molecular weight excluding hydrogens is 330 g/mol. The van der Waals surface area contributed by atoms with E-state index in [-0.39, 0.29) is 17.5 Å². The van der Waals surface area contributed by atoms with Gasteiger partial charge in [0.15, 0.2) is 5.78 Å². The number of ether oxygens (including phenoxy) is 1. The van der Waals surface area contributed by atoms with Gasteiger partial charge >= 0.3 is 0 Å². The Labute approximate surface area is 145 Å². The smallest absolute Gasteiger partial charge is 0.224 e. The van der Waals surface area contributed by atoms with Crippen LogP contribution in [0.4, 0.5) is 5.82 Å². The Morgan fingerprint density at radius 1 is 1.33 bits per heavy atom. The van der Waals surface area contributed by atoms with E-state index in [2.05, 4.69) is 15.3 Å². The van der Waals surface area contributed by atoms with Crippen molar-refractivity contribution in [3.63, 3.8) is 0 Å². The second-order valence-electron chi connectivity index (χ2n) is 5.58. The van der Waals surface area contributed by atoms with E-state index >= 15 is 0 Å². The fourth-order valence-electron chi connectivity index (χ4n) is 2.19. The van der Waals surface area contributed by atoms with Gasteiger partial charge < -0.3 is 15.2 Å². The molecule has 0 aliphatic heterocycles. The van der Waals surface area contributed by atoms with Gasteiger partial charge in [0.1, 0.15) is 11.6 Å². The van der Waals surface area contributed by atoms with E-state index in [0.717, 1.165) is 5.56 Å². The van der Waals surface area contributed by atoms with Crippen molar-refractivity contribution in [1.29, 1.82) is 0 Å². The maximum Gasteiger partial charge on any atom is 0.224 e. The van der Waals surface area contributed by atoms with Crippen LogP contribution in [0.3, 0.4) is 0 Å². The largest absolute Gasteiger partial charge is 0.497 e. The van der Waals surface area contributed by atoms with Crippen molar-refractivity contribution in [2.24, 2.45) is 0 Å². The van der Waals surface area contributed by atoms with Gasteiger partial charge in [-0.25, -0.2) is 9.97 Å². The molecule has 0 bridgehead atoms. The van der Waals surface area contributed by atoms with E-state index in [9.17, 15) is 9.90 Å². The molecular formula is C17H20ClN3O3. The fourth-order valence-corrected chi connectivity index (χ4v) is 2.39. The molecule has 2 N–H and O–H groups in total. The lowest BCUT2D eigenvalue weighted by molar-refractivity contribution is 0.0991. The third-order valence-corrected chi connectivity index (χ3v) is 3.45. The standard InChI is InChI=1S/C17H20ClN3O3/c1-10-4-12(6-14(5-10)24-3)15(23)7-13-8-16(19-9-11(2)22)21-17(18)20-13/h4-6,8,11,22H,7,9H2,1-3H3,(H,19,20,21)/t11-/m0/s1. The van der Waals surface area contributed by atoms with Crippen LogP contribution < -0.4 is 10.1 Å². The molecule has 0 unspecified atom stereocenters. The number of aliphatic hydroxyl groups is 1. The number of aromatic nitrogens is 2. The van der Waals surface area contributed by atoms with E-state index in [0.29, 0.717) is 29.4 Å². The molecule has 2 aromatic rings. The number of anilines is 1. The highest BCUT2D eigenvalue weighted by atomic mass is 35.5. The molecule has 0 saturated heterocycles. The number of aryl methyl sites for hydroxylation is 1. The molecule has 0 fully saturated rings. The first-order valence-corrected chi connectivity index (χ1v) is 7.89. The van der Waals surface area contributed by atoms with Gasteiger partial charge in [0, 0.05) is 18.2 Å². The summed E-state index contributed by atoms with van der Waals surface area (Å²) in [5, 5.41) is 12.3. The van der Waals surface area contributed by atoms with Gasteiger partial charge in [0.05, 0.1) is 25.3 Å². The molecule has 0 spiro atoms. The average molecular weight is 350 g/mol. The van der Waals surface area contributed by atoms with Crippen molar-refractivity contribution in [1.82, 2.24) is 9.97 Å². The molecule has 128 valence electrons. The van der Waals surface area contributed by atoms with Crippen molar-refractivity contribution >= 4 is 23.2 Å².